The summed E-state index contributed by atoms with van der Waals surface area (Å²) < 4.78 is 5.76. The summed E-state index contributed by atoms with van der Waals surface area (Å²) in [7, 11) is 0. The quantitative estimate of drug-likeness (QED) is 0.549. The summed E-state index contributed by atoms with van der Waals surface area (Å²) in [6, 6.07) is 15.0. The molecule has 164 valence electrons. The molecule has 0 atom stereocenters. The molecule has 1 spiro atoms. The second-order valence-electron chi connectivity index (χ2n) is 8.17. The number of fused-ring (bicyclic) bond motifs is 2. The normalized spacial score (nSPS) is 16.7. The second kappa shape index (κ2) is 8.12. The van der Waals surface area contributed by atoms with E-state index in [9.17, 15) is 9.59 Å². The number of hydrogen-bond acceptors (Lipinski definition) is 5. The van der Waals surface area contributed by atoms with Gasteiger partial charge in [-0.3, -0.25) is 5.32 Å². The number of likely N-dealkylation sites (tertiary alicyclic amines) is 1. The van der Waals surface area contributed by atoms with Gasteiger partial charge in [0.1, 0.15) is 17.2 Å². The molecule has 0 unspecified atom stereocenters. The van der Waals surface area contributed by atoms with E-state index in [2.05, 4.69) is 15.3 Å². The molecule has 1 fully saturated rings. The number of piperidine rings is 1. The molecule has 0 saturated carbocycles. The molecule has 32 heavy (non-hydrogen) atoms. The minimum absolute atomic E-state index is 0.0881. The summed E-state index contributed by atoms with van der Waals surface area (Å²) in [5.74, 6) is 0.870. The highest BCUT2D eigenvalue weighted by Gasteiger charge is 2.47. The van der Waals surface area contributed by atoms with Gasteiger partial charge >= 0.3 is 12.0 Å². The maximum atomic E-state index is 12.8. The first kappa shape index (κ1) is 20.3. The lowest BCUT2D eigenvalue weighted by Gasteiger charge is -2.38. The van der Waals surface area contributed by atoms with Crippen molar-refractivity contribution in [3.05, 3.63) is 71.4 Å². The Labute approximate surface area is 185 Å². The number of rotatable bonds is 4. The highest BCUT2D eigenvalue weighted by Crippen LogP contribution is 2.44. The van der Waals surface area contributed by atoms with Crippen molar-refractivity contribution in [1.29, 1.82) is 0 Å². The molecule has 3 heterocycles. The van der Waals surface area contributed by atoms with E-state index in [-0.39, 0.29) is 18.6 Å². The number of hydrogen-bond donors (Lipinski definition) is 3. The average molecular weight is 432 g/mol. The number of imidazole rings is 1. The van der Waals surface area contributed by atoms with Gasteiger partial charge in [0.25, 0.3) is 0 Å². The van der Waals surface area contributed by atoms with Gasteiger partial charge in [-0.1, -0.05) is 36.4 Å². The summed E-state index contributed by atoms with van der Waals surface area (Å²) in [6.07, 6.45) is 3.30. The molecule has 0 aliphatic carbocycles. The number of ether oxygens (including phenoxy) is 1. The number of aliphatic hydroxyl groups is 1. The number of aliphatic hydroxyl groups excluding tert-OH is 1. The van der Waals surface area contributed by atoms with Gasteiger partial charge in [0.15, 0.2) is 0 Å². The number of anilines is 1. The fourth-order valence-electron chi connectivity index (χ4n) is 4.52. The third-order valence-electron chi connectivity index (χ3n) is 6.20. The van der Waals surface area contributed by atoms with E-state index < -0.39 is 5.60 Å². The topological polar surface area (TPSA) is 108 Å². The van der Waals surface area contributed by atoms with Crippen LogP contribution < -0.4 is 5.32 Å². The van der Waals surface area contributed by atoms with Gasteiger partial charge in [-0.15, -0.1) is 0 Å². The number of esters is 1. The third-order valence-corrected chi connectivity index (χ3v) is 6.20. The first-order valence-electron chi connectivity index (χ1n) is 10.7. The number of aromatic amines is 1. The number of urea groups is 1. The van der Waals surface area contributed by atoms with Gasteiger partial charge in [-0.05, 0) is 24.1 Å². The molecule has 0 bridgehead atoms. The van der Waals surface area contributed by atoms with Crippen molar-refractivity contribution in [2.24, 2.45) is 0 Å². The maximum absolute atomic E-state index is 12.8. The second-order valence-corrected chi connectivity index (χ2v) is 8.17. The van der Waals surface area contributed by atoms with Crippen LogP contribution in [0.4, 0.5) is 10.6 Å². The SMILES string of the molecule is O=C1OC2(CCN(C(=O)Nc3cnc(-c4cccc(CCO)c4)[nH]3)CC2)c2ccccc21. The Balaban J connectivity index is 1.23. The summed E-state index contributed by atoms with van der Waals surface area (Å²) in [5, 5.41) is 12.0. The first-order valence-corrected chi connectivity index (χ1v) is 10.7. The maximum Gasteiger partial charge on any atom is 0.339 e. The zero-order valence-corrected chi connectivity index (χ0v) is 17.5. The molecular weight excluding hydrogens is 408 g/mol. The molecule has 0 radical (unpaired) electrons. The van der Waals surface area contributed by atoms with Crippen LogP contribution in [0.2, 0.25) is 0 Å². The van der Waals surface area contributed by atoms with Gasteiger partial charge in [-0.25, -0.2) is 14.6 Å². The lowest BCUT2D eigenvalue weighted by atomic mass is 9.84. The van der Waals surface area contributed by atoms with Crippen molar-refractivity contribution in [3.63, 3.8) is 0 Å². The molecule has 2 amide bonds. The average Bonchev–Trinajstić information content (AvgIpc) is 3.38. The van der Waals surface area contributed by atoms with Crippen LogP contribution in [-0.4, -0.2) is 51.7 Å². The number of H-pyrrole nitrogens is 1. The van der Waals surface area contributed by atoms with Gasteiger partial charge in [0.05, 0.1) is 11.8 Å². The van der Waals surface area contributed by atoms with Crippen molar-refractivity contribution < 1.29 is 19.4 Å². The van der Waals surface area contributed by atoms with Crippen molar-refractivity contribution in [2.45, 2.75) is 24.9 Å². The molecule has 5 rings (SSSR count). The Bertz CT molecular complexity index is 1160. The van der Waals surface area contributed by atoms with Crippen LogP contribution in [0.5, 0.6) is 0 Å². The number of nitrogens with zero attached hydrogens (tertiary/aromatic N) is 2. The number of aromatic nitrogens is 2. The van der Waals surface area contributed by atoms with E-state index in [0.717, 1.165) is 16.7 Å². The van der Waals surface area contributed by atoms with Crippen LogP contribution in [0.1, 0.15) is 34.3 Å². The van der Waals surface area contributed by atoms with Crippen molar-refractivity contribution in [3.8, 4) is 11.4 Å². The van der Waals surface area contributed by atoms with Gasteiger partial charge < -0.3 is 19.7 Å². The third kappa shape index (κ3) is 3.62. The van der Waals surface area contributed by atoms with Crippen molar-refractivity contribution in [1.82, 2.24) is 14.9 Å². The van der Waals surface area contributed by atoms with E-state index in [1.54, 1.807) is 17.2 Å². The molecule has 2 aliphatic heterocycles. The number of carbonyl (C=O) groups is 2. The van der Waals surface area contributed by atoms with Gasteiger partial charge in [0, 0.05) is 43.7 Å². The van der Waals surface area contributed by atoms with E-state index in [1.807, 2.05) is 42.5 Å². The zero-order valence-electron chi connectivity index (χ0n) is 17.5. The summed E-state index contributed by atoms with van der Waals surface area (Å²) in [6.45, 7) is 1.06. The lowest BCUT2D eigenvalue weighted by molar-refractivity contribution is -0.0363. The summed E-state index contributed by atoms with van der Waals surface area (Å²) in [4.78, 5) is 34.3. The first-order chi connectivity index (χ1) is 15.6. The number of nitrogens with one attached hydrogen (secondary N) is 2. The fourth-order valence-corrected chi connectivity index (χ4v) is 4.52. The minimum atomic E-state index is -0.634. The Kier molecular flexibility index (Phi) is 5.14. The van der Waals surface area contributed by atoms with Crippen LogP contribution in [0.25, 0.3) is 11.4 Å². The molecule has 2 aromatic carbocycles. The minimum Gasteiger partial charge on any atom is -0.450 e. The lowest BCUT2D eigenvalue weighted by Crippen LogP contribution is -2.46. The zero-order chi connectivity index (χ0) is 22.1. The highest BCUT2D eigenvalue weighted by atomic mass is 16.6. The van der Waals surface area contributed by atoms with Crippen molar-refractivity contribution in [2.75, 3.05) is 25.0 Å². The van der Waals surface area contributed by atoms with Crippen molar-refractivity contribution >= 4 is 17.8 Å². The smallest absolute Gasteiger partial charge is 0.339 e. The predicted molar refractivity (Wildman–Crippen MR) is 118 cm³/mol. The Morgan fingerprint density at radius 1 is 1.19 bits per heavy atom. The van der Waals surface area contributed by atoms with Crippen LogP contribution in [0, 0.1) is 0 Å². The molecule has 1 saturated heterocycles. The number of carbonyl (C=O) groups excluding carboxylic acids is 2. The predicted octanol–water partition coefficient (Wildman–Crippen LogP) is 3.31. The fraction of sp³-hybridized carbons (Fsp3) is 0.292. The van der Waals surface area contributed by atoms with Crippen LogP contribution in [0.3, 0.4) is 0 Å². The van der Waals surface area contributed by atoms with Crippen LogP contribution >= 0.6 is 0 Å². The highest BCUT2D eigenvalue weighted by molar-refractivity contribution is 5.95. The largest absolute Gasteiger partial charge is 0.450 e. The van der Waals surface area contributed by atoms with E-state index in [4.69, 9.17) is 9.84 Å². The van der Waals surface area contributed by atoms with E-state index in [0.29, 0.717) is 49.6 Å². The number of benzene rings is 2. The Morgan fingerprint density at radius 3 is 2.81 bits per heavy atom. The van der Waals surface area contributed by atoms with Crippen LogP contribution in [0.15, 0.2) is 54.7 Å². The Morgan fingerprint density at radius 2 is 2.00 bits per heavy atom. The molecule has 2 aliphatic rings. The molecule has 3 N–H and O–H groups in total. The van der Waals surface area contributed by atoms with E-state index in [1.165, 1.54) is 0 Å². The molecule has 8 nitrogen and oxygen atoms in total. The summed E-state index contributed by atoms with van der Waals surface area (Å²) >= 11 is 0. The Hall–Kier alpha value is -3.65. The van der Waals surface area contributed by atoms with E-state index >= 15 is 0 Å². The molecular formula is C24H24N4O4. The van der Waals surface area contributed by atoms with Crippen LogP contribution in [-0.2, 0) is 16.8 Å². The molecule has 8 heteroatoms. The monoisotopic (exact) mass is 432 g/mol. The molecule has 1 aromatic heterocycles. The number of amides is 2. The van der Waals surface area contributed by atoms with Gasteiger partial charge in [0.2, 0.25) is 0 Å². The van der Waals surface area contributed by atoms with Gasteiger partial charge in [-0.2, -0.15) is 0 Å². The molecule has 3 aromatic rings. The summed E-state index contributed by atoms with van der Waals surface area (Å²) in [5.41, 5.74) is 2.82. The standard InChI is InChI=1S/C24H24N4O4/c29-13-8-16-4-3-5-17(14-16)21-25-15-20(26-21)27-23(31)28-11-9-24(10-12-28)19-7-2-1-6-18(19)22(30)32-24/h1-7,14-15,29H,8-13H2,(H,25,26)(H,27,31).